The molecule has 3 nitrogen and oxygen atoms in total. The SMILES string of the molecule is FC1=NN1Oc1ccccc1. The molecule has 0 aliphatic carbocycles. The van der Waals surface area contributed by atoms with Crippen LogP contribution in [0.4, 0.5) is 4.39 Å². The Morgan fingerprint density at radius 1 is 1.27 bits per heavy atom. The van der Waals surface area contributed by atoms with Crippen molar-refractivity contribution in [3.8, 4) is 5.75 Å². The molecule has 56 valence electrons. The van der Waals surface area contributed by atoms with E-state index in [2.05, 4.69) is 5.10 Å². The van der Waals surface area contributed by atoms with Gasteiger partial charge in [-0.25, -0.2) is 0 Å². The molecule has 0 radical (unpaired) electrons. The van der Waals surface area contributed by atoms with Gasteiger partial charge in [0.25, 0.3) is 0 Å². The largest absolute Gasteiger partial charge is 0.361 e. The van der Waals surface area contributed by atoms with Gasteiger partial charge in [-0.3, -0.25) is 0 Å². The average molecular weight is 152 g/mol. The Morgan fingerprint density at radius 3 is 2.45 bits per heavy atom. The normalized spacial score (nSPS) is 14.3. The Bertz CT molecular complexity index is 286. The lowest BCUT2D eigenvalue weighted by molar-refractivity contribution is 0.0653. The molecule has 1 aromatic carbocycles. The van der Waals surface area contributed by atoms with Gasteiger partial charge in [0.1, 0.15) is 0 Å². The zero-order chi connectivity index (χ0) is 7.68. The Balaban J connectivity index is 1.98. The molecule has 1 aromatic rings. The number of benzene rings is 1. The lowest BCUT2D eigenvalue weighted by Gasteiger charge is -2.00. The molecule has 1 heterocycles. The molecule has 0 saturated carbocycles. The summed E-state index contributed by atoms with van der Waals surface area (Å²) in [7, 11) is 0. The summed E-state index contributed by atoms with van der Waals surface area (Å²) in [6, 6.07) is 8.90. The first-order chi connectivity index (χ1) is 5.36. The second kappa shape index (κ2) is 2.23. The van der Waals surface area contributed by atoms with Gasteiger partial charge < -0.3 is 4.84 Å². The zero-order valence-corrected chi connectivity index (χ0v) is 5.57. The molecular formula is C7H5FN2O. The van der Waals surface area contributed by atoms with Gasteiger partial charge in [-0.2, -0.15) is 4.39 Å². The van der Waals surface area contributed by atoms with E-state index >= 15 is 0 Å². The molecule has 0 spiro atoms. The standard InChI is InChI=1S/C7H5FN2O/c8-7-9-10(7)11-6-4-2-1-3-5-6/h1-5H. The highest BCUT2D eigenvalue weighted by Crippen LogP contribution is 2.17. The van der Waals surface area contributed by atoms with Crippen molar-refractivity contribution in [2.75, 3.05) is 0 Å². The quantitative estimate of drug-likeness (QED) is 0.600. The number of halogens is 1. The fourth-order valence-electron chi connectivity index (χ4n) is 0.692. The van der Waals surface area contributed by atoms with Gasteiger partial charge in [0, 0.05) is 0 Å². The Hall–Kier alpha value is -1.58. The number of para-hydroxylation sites is 1. The Morgan fingerprint density at radius 2 is 1.91 bits per heavy atom. The lowest BCUT2D eigenvalue weighted by Crippen LogP contribution is -2.07. The van der Waals surface area contributed by atoms with E-state index < -0.39 is 6.09 Å². The molecule has 0 saturated heterocycles. The molecule has 0 fully saturated rings. The molecule has 1 aliphatic heterocycles. The van der Waals surface area contributed by atoms with Gasteiger partial charge in [-0.15, -0.1) is 0 Å². The minimum absolute atomic E-state index is 0.573. The van der Waals surface area contributed by atoms with Gasteiger partial charge in [0.15, 0.2) is 5.75 Å². The summed E-state index contributed by atoms with van der Waals surface area (Å²) in [6.07, 6.45) is -0.589. The number of amidine groups is 1. The van der Waals surface area contributed by atoms with Crippen LogP contribution in [-0.4, -0.2) is 11.3 Å². The molecule has 0 unspecified atom stereocenters. The van der Waals surface area contributed by atoms with E-state index in [1.165, 1.54) is 0 Å². The van der Waals surface area contributed by atoms with E-state index in [1.54, 1.807) is 24.3 Å². The third kappa shape index (κ3) is 1.29. The average Bonchev–Trinajstić information content (AvgIpc) is 2.69. The molecule has 0 atom stereocenters. The van der Waals surface area contributed by atoms with Gasteiger partial charge in [-0.1, -0.05) is 23.3 Å². The van der Waals surface area contributed by atoms with Crippen molar-refractivity contribution in [2.24, 2.45) is 5.10 Å². The summed E-state index contributed by atoms with van der Waals surface area (Å²) in [5.74, 6) is 0.573. The second-order valence-electron chi connectivity index (χ2n) is 2.05. The van der Waals surface area contributed by atoms with Crippen LogP contribution in [0.2, 0.25) is 0 Å². The van der Waals surface area contributed by atoms with Crippen LogP contribution in [0.1, 0.15) is 0 Å². The third-order valence-electron chi connectivity index (χ3n) is 1.23. The molecule has 11 heavy (non-hydrogen) atoms. The molecule has 0 aromatic heterocycles. The minimum Gasteiger partial charge on any atom is -0.354 e. The summed E-state index contributed by atoms with van der Waals surface area (Å²) in [6.45, 7) is 0. The molecule has 0 bridgehead atoms. The van der Waals surface area contributed by atoms with Crippen molar-refractivity contribution in [1.82, 2.24) is 5.17 Å². The van der Waals surface area contributed by atoms with Crippen molar-refractivity contribution in [2.45, 2.75) is 0 Å². The van der Waals surface area contributed by atoms with Gasteiger partial charge in [0.05, 0.1) is 0 Å². The summed E-state index contributed by atoms with van der Waals surface area (Å²) in [5, 5.41) is 4.04. The van der Waals surface area contributed by atoms with Crippen LogP contribution in [0, 0.1) is 0 Å². The minimum atomic E-state index is -0.589. The van der Waals surface area contributed by atoms with E-state index in [0.717, 1.165) is 5.17 Å². The van der Waals surface area contributed by atoms with Crippen LogP contribution in [0.25, 0.3) is 0 Å². The van der Waals surface area contributed by atoms with Crippen LogP contribution in [-0.2, 0) is 0 Å². The van der Waals surface area contributed by atoms with Crippen LogP contribution in [0.3, 0.4) is 0 Å². The second-order valence-corrected chi connectivity index (χ2v) is 2.05. The summed E-state index contributed by atoms with van der Waals surface area (Å²) >= 11 is 0. The van der Waals surface area contributed by atoms with Crippen molar-refractivity contribution in [1.29, 1.82) is 0 Å². The summed E-state index contributed by atoms with van der Waals surface area (Å²) < 4.78 is 12.0. The molecule has 0 N–H and O–H groups in total. The highest BCUT2D eigenvalue weighted by molar-refractivity contribution is 5.80. The van der Waals surface area contributed by atoms with E-state index in [4.69, 9.17) is 4.84 Å². The first-order valence-electron chi connectivity index (χ1n) is 3.13. The van der Waals surface area contributed by atoms with Crippen molar-refractivity contribution < 1.29 is 9.23 Å². The smallest absolute Gasteiger partial charge is 0.354 e. The van der Waals surface area contributed by atoms with Gasteiger partial charge >= 0.3 is 6.09 Å². The summed E-state index contributed by atoms with van der Waals surface area (Å²) in [4.78, 5) is 4.89. The third-order valence-corrected chi connectivity index (χ3v) is 1.23. The molecule has 4 heteroatoms. The fourth-order valence-corrected chi connectivity index (χ4v) is 0.692. The van der Waals surface area contributed by atoms with E-state index in [1.807, 2.05) is 6.07 Å². The number of hydroxylamine groups is 1. The first-order valence-corrected chi connectivity index (χ1v) is 3.13. The topological polar surface area (TPSA) is 24.6 Å². The maximum absolute atomic E-state index is 12.0. The van der Waals surface area contributed by atoms with E-state index in [9.17, 15) is 4.39 Å². The number of hydrogen-bond donors (Lipinski definition) is 0. The molecule has 2 rings (SSSR count). The number of nitrogens with zero attached hydrogens (tertiary/aromatic N) is 2. The number of hydrazone groups is 1. The monoisotopic (exact) mass is 152 g/mol. The van der Waals surface area contributed by atoms with E-state index in [0.29, 0.717) is 5.75 Å². The Kier molecular flexibility index (Phi) is 1.25. The van der Waals surface area contributed by atoms with Crippen LogP contribution >= 0.6 is 0 Å². The van der Waals surface area contributed by atoms with Crippen molar-refractivity contribution >= 4 is 6.09 Å². The van der Waals surface area contributed by atoms with Crippen molar-refractivity contribution in [3.05, 3.63) is 30.3 Å². The van der Waals surface area contributed by atoms with Gasteiger partial charge in [-0.05, 0) is 17.3 Å². The number of hydrogen-bond acceptors (Lipinski definition) is 3. The maximum Gasteiger partial charge on any atom is 0.361 e. The van der Waals surface area contributed by atoms with Crippen LogP contribution in [0.15, 0.2) is 35.4 Å². The van der Waals surface area contributed by atoms with Crippen molar-refractivity contribution in [3.63, 3.8) is 0 Å². The predicted octanol–water partition coefficient (Wildman–Crippen LogP) is 1.54. The predicted molar refractivity (Wildman–Crippen MR) is 37.5 cm³/mol. The molecule has 1 aliphatic rings. The highest BCUT2D eigenvalue weighted by Gasteiger charge is 2.26. The van der Waals surface area contributed by atoms with Crippen LogP contribution in [0.5, 0.6) is 5.75 Å². The zero-order valence-electron chi connectivity index (χ0n) is 5.57. The van der Waals surface area contributed by atoms with Crippen LogP contribution < -0.4 is 4.84 Å². The molecule has 0 amide bonds. The van der Waals surface area contributed by atoms with Gasteiger partial charge in [0.2, 0.25) is 0 Å². The summed E-state index contributed by atoms with van der Waals surface area (Å²) in [5.41, 5.74) is 0. The fraction of sp³-hybridized carbons (Fsp3) is 0. The Labute approximate surface area is 62.6 Å². The first kappa shape index (κ1) is 6.15. The molecular weight excluding hydrogens is 147 g/mol. The highest BCUT2D eigenvalue weighted by atomic mass is 19.1. The maximum atomic E-state index is 12.0. The van der Waals surface area contributed by atoms with E-state index in [-0.39, 0.29) is 0 Å². The lowest BCUT2D eigenvalue weighted by atomic mass is 10.3. The number of rotatable bonds is 2.